The minimum absolute atomic E-state index is 0.725. The van der Waals surface area contributed by atoms with Gasteiger partial charge in [-0.25, -0.2) is 9.97 Å². The van der Waals surface area contributed by atoms with Gasteiger partial charge in [-0.2, -0.15) is 0 Å². The van der Waals surface area contributed by atoms with E-state index in [4.69, 9.17) is 9.97 Å². The van der Waals surface area contributed by atoms with Crippen LogP contribution >= 0.6 is 22.7 Å². The summed E-state index contributed by atoms with van der Waals surface area (Å²) >= 11 is 3.64. The Morgan fingerprint density at radius 1 is 0.386 bits per heavy atom. The summed E-state index contributed by atoms with van der Waals surface area (Å²) in [5.41, 5.74) is 12.1. The van der Waals surface area contributed by atoms with E-state index in [0.717, 1.165) is 66.2 Å². The molecule has 0 spiro atoms. The largest absolute Gasteiger partial charge is 0.308 e. The lowest BCUT2D eigenvalue weighted by atomic mass is 9.91. The number of thiophene rings is 2. The molecule has 0 aliphatic carbocycles. The molecule has 12 aromatic rings. The zero-order valence-corrected chi connectivity index (χ0v) is 32.2. The molecule has 0 fully saturated rings. The van der Waals surface area contributed by atoms with Crippen molar-refractivity contribution in [3.63, 3.8) is 0 Å². The maximum atomic E-state index is 5.45. The van der Waals surface area contributed by atoms with E-state index < -0.39 is 0 Å². The first-order valence-corrected chi connectivity index (χ1v) is 20.8. The molecule has 12 rings (SSSR count). The fourth-order valence-corrected chi connectivity index (χ4v) is 11.0. The van der Waals surface area contributed by atoms with E-state index in [-0.39, 0.29) is 0 Å². The van der Waals surface area contributed by atoms with Gasteiger partial charge in [-0.1, -0.05) is 146 Å². The van der Waals surface area contributed by atoms with Crippen molar-refractivity contribution in [1.82, 2.24) is 14.5 Å². The van der Waals surface area contributed by atoms with Crippen LogP contribution in [0.3, 0.4) is 0 Å². The van der Waals surface area contributed by atoms with Gasteiger partial charge in [0, 0.05) is 63.3 Å². The number of hydrogen-bond acceptors (Lipinski definition) is 4. The maximum absolute atomic E-state index is 5.45. The van der Waals surface area contributed by atoms with Gasteiger partial charge in [0.2, 0.25) is 0 Å². The normalized spacial score (nSPS) is 11.9. The molecule has 0 bridgehead atoms. The van der Waals surface area contributed by atoms with Gasteiger partial charge < -0.3 is 4.57 Å². The van der Waals surface area contributed by atoms with E-state index in [1.165, 1.54) is 46.7 Å². The van der Waals surface area contributed by atoms with E-state index in [1.54, 1.807) is 11.3 Å². The van der Waals surface area contributed by atoms with Crippen LogP contribution in [0.5, 0.6) is 0 Å². The fraction of sp³-hybridized carbons (Fsp3) is 0. The zero-order valence-electron chi connectivity index (χ0n) is 30.6. The minimum Gasteiger partial charge on any atom is -0.308 e. The van der Waals surface area contributed by atoms with Crippen LogP contribution in [-0.2, 0) is 0 Å². The molecule has 5 heteroatoms. The highest BCUT2D eigenvalue weighted by Crippen LogP contribution is 2.48. The number of hydrogen-bond donors (Lipinski definition) is 0. The summed E-state index contributed by atoms with van der Waals surface area (Å²) in [6.45, 7) is 0. The second-order valence-corrected chi connectivity index (χ2v) is 16.6. The Bertz CT molecular complexity index is 3450. The lowest BCUT2D eigenvalue weighted by Crippen LogP contribution is -2.02. The van der Waals surface area contributed by atoms with Gasteiger partial charge in [0.1, 0.15) is 0 Å². The fourth-order valence-electron chi connectivity index (χ4n) is 8.71. The van der Waals surface area contributed by atoms with Gasteiger partial charge in [-0.15, -0.1) is 22.7 Å². The molecule has 266 valence electrons. The highest BCUT2D eigenvalue weighted by atomic mass is 32.1. The van der Waals surface area contributed by atoms with Crippen molar-refractivity contribution in [2.45, 2.75) is 0 Å². The third-order valence-corrected chi connectivity index (χ3v) is 13.5. The predicted molar refractivity (Wildman–Crippen MR) is 244 cm³/mol. The Kier molecular flexibility index (Phi) is 7.27. The molecule has 0 amide bonds. The van der Waals surface area contributed by atoms with E-state index in [1.807, 2.05) is 17.4 Å². The van der Waals surface area contributed by atoms with E-state index in [9.17, 15) is 0 Å². The number of aromatic nitrogens is 3. The molecule has 0 aliphatic heterocycles. The Labute approximate surface area is 336 Å². The quantitative estimate of drug-likeness (QED) is 0.175. The molecule has 4 heterocycles. The Balaban J connectivity index is 1.25. The molecule has 8 aromatic carbocycles. The Hall–Kier alpha value is -6.92. The number of nitrogens with zero attached hydrogens (tertiary/aromatic N) is 3. The summed E-state index contributed by atoms with van der Waals surface area (Å²) < 4.78 is 7.43. The number of para-hydroxylation sites is 1. The lowest BCUT2D eigenvalue weighted by molar-refractivity contribution is 1.18. The van der Waals surface area contributed by atoms with Crippen LogP contribution in [0.2, 0.25) is 0 Å². The third-order valence-electron chi connectivity index (χ3n) is 11.2. The van der Waals surface area contributed by atoms with Crippen molar-refractivity contribution in [1.29, 1.82) is 0 Å². The van der Waals surface area contributed by atoms with E-state index in [0.29, 0.717) is 0 Å². The van der Waals surface area contributed by atoms with Crippen LogP contribution in [0.1, 0.15) is 0 Å². The molecule has 0 unspecified atom stereocenters. The molecule has 0 saturated carbocycles. The minimum atomic E-state index is 0.725. The maximum Gasteiger partial charge on any atom is 0.160 e. The Morgan fingerprint density at radius 3 is 1.63 bits per heavy atom. The summed E-state index contributed by atoms with van der Waals surface area (Å²) in [5, 5.41) is 6.32. The summed E-state index contributed by atoms with van der Waals surface area (Å²) in [5.74, 6) is 0.725. The smallest absolute Gasteiger partial charge is 0.160 e. The lowest BCUT2D eigenvalue weighted by Gasteiger charge is -2.21. The van der Waals surface area contributed by atoms with Crippen LogP contribution in [0, 0.1) is 0 Å². The summed E-state index contributed by atoms with van der Waals surface area (Å²) in [7, 11) is 0. The first-order valence-electron chi connectivity index (χ1n) is 19.2. The topological polar surface area (TPSA) is 30.7 Å². The van der Waals surface area contributed by atoms with Crippen molar-refractivity contribution in [2.24, 2.45) is 0 Å². The molecular formula is C52H31N3S2. The molecule has 3 nitrogen and oxygen atoms in total. The third kappa shape index (κ3) is 5.03. The number of fused-ring (bicyclic) bond motifs is 10. The molecule has 4 aromatic heterocycles. The van der Waals surface area contributed by atoms with Crippen LogP contribution < -0.4 is 0 Å². The Morgan fingerprint density at radius 2 is 0.947 bits per heavy atom. The standard InChI is InChI=1S/C52H31N3S2/c1-4-16-32(17-5-1)39-30-35(48-51-49(38-24-12-15-27-44(38)57-51)54-52(53-48)34-20-8-3-9-21-34)31-40(33-18-6-2-7-19-33)50(39)55-41-25-13-10-22-36(41)46-42(55)28-29-45-47(46)37-23-11-14-26-43(37)56-45/h1-31H. The summed E-state index contributed by atoms with van der Waals surface area (Å²) in [6, 6.07) is 67.8. The van der Waals surface area contributed by atoms with Gasteiger partial charge in [0.05, 0.1) is 32.6 Å². The molecule has 0 N–H and O–H groups in total. The zero-order chi connectivity index (χ0) is 37.5. The molecule has 57 heavy (non-hydrogen) atoms. The highest BCUT2D eigenvalue weighted by Gasteiger charge is 2.25. The van der Waals surface area contributed by atoms with Gasteiger partial charge in [0.15, 0.2) is 5.82 Å². The molecule has 0 atom stereocenters. The number of rotatable bonds is 5. The van der Waals surface area contributed by atoms with Crippen molar-refractivity contribution in [2.75, 3.05) is 0 Å². The first-order chi connectivity index (χ1) is 28.3. The van der Waals surface area contributed by atoms with Crippen molar-refractivity contribution < 1.29 is 0 Å². The van der Waals surface area contributed by atoms with Crippen LogP contribution in [0.25, 0.3) is 113 Å². The molecule has 0 aliphatic rings. The van der Waals surface area contributed by atoms with Gasteiger partial charge in [-0.3, -0.25) is 0 Å². The molecular weight excluding hydrogens is 731 g/mol. The predicted octanol–water partition coefficient (Wildman–Crippen LogP) is 15.0. The number of benzene rings is 8. The van der Waals surface area contributed by atoms with Gasteiger partial charge in [0.25, 0.3) is 0 Å². The van der Waals surface area contributed by atoms with Gasteiger partial charge >= 0.3 is 0 Å². The molecule has 0 saturated heterocycles. The molecule has 0 radical (unpaired) electrons. The second kappa shape index (κ2) is 12.8. The van der Waals surface area contributed by atoms with Crippen molar-refractivity contribution in [3.05, 3.63) is 188 Å². The average molecular weight is 762 g/mol. The van der Waals surface area contributed by atoms with Gasteiger partial charge in [-0.05, 0) is 53.6 Å². The summed E-state index contributed by atoms with van der Waals surface area (Å²) in [4.78, 5) is 10.7. The van der Waals surface area contributed by atoms with Crippen LogP contribution in [0.15, 0.2) is 188 Å². The average Bonchev–Trinajstić information content (AvgIpc) is 3.96. The SMILES string of the molecule is c1ccc(-c2nc(-c3cc(-c4ccccc4)c(-n4c5ccccc5c5c6c(ccc54)sc4ccccc46)c(-c4ccccc4)c3)c3sc4ccccc4c3n2)cc1. The van der Waals surface area contributed by atoms with Crippen LogP contribution in [0.4, 0.5) is 0 Å². The monoisotopic (exact) mass is 761 g/mol. The van der Waals surface area contributed by atoms with Crippen molar-refractivity contribution >= 4 is 85.0 Å². The second-order valence-electron chi connectivity index (χ2n) is 14.5. The summed E-state index contributed by atoms with van der Waals surface area (Å²) in [6.07, 6.45) is 0. The highest BCUT2D eigenvalue weighted by molar-refractivity contribution is 7.26. The first kappa shape index (κ1) is 32.3. The van der Waals surface area contributed by atoms with E-state index >= 15 is 0 Å². The van der Waals surface area contributed by atoms with Crippen LogP contribution in [-0.4, -0.2) is 14.5 Å². The van der Waals surface area contributed by atoms with Crippen molar-refractivity contribution in [3.8, 4) is 50.6 Å². The van der Waals surface area contributed by atoms with E-state index in [2.05, 4.69) is 187 Å².